The number of nitrogens with two attached hydrogens (primary N) is 1. The first kappa shape index (κ1) is 27.4. The van der Waals surface area contributed by atoms with Crippen LogP contribution in [0.3, 0.4) is 0 Å². The summed E-state index contributed by atoms with van der Waals surface area (Å²) in [6, 6.07) is 10.4. The predicted octanol–water partition coefficient (Wildman–Crippen LogP) is -0.201. The van der Waals surface area contributed by atoms with Gasteiger partial charge in [-0.3, -0.25) is 28.9 Å². The Bertz CT molecular complexity index is 1540. The van der Waals surface area contributed by atoms with E-state index in [-0.39, 0.29) is 5.56 Å². The second-order valence-corrected chi connectivity index (χ2v) is 10.9. The van der Waals surface area contributed by atoms with E-state index in [1.54, 1.807) is 19.1 Å². The van der Waals surface area contributed by atoms with E-state index < -0.39 is 82.1 Å². The van der Waals surface area contributed by atoms with Gasteiger partial charge in [0.15, 0.2) is 34.7 Å². The molecule has 0 radical (unpaired) electrons. The smallest absolute Gasteiger partial charge is 0.235 e. The van der Waals surface area contributed by atoms with E-state index in [1.165, 1.54) is 31.1 Å². The van der Waals surface area contributed by atoms with Crippen LogP contribution in [-0.4, -0.2) is 81.1 Å². The number of phenols is 1. The molecule has 8 atom stereocenters. The molecule has 5 N–H and O–H groups in total. The van der Waals surface area contributed by atoms with Crippen molar-refractivity contribution >= 4 is 29.0 Å². The van der Waals surface area contributed by atoms with Crippen LogP contribution in [0.25, 0.3) is 0 Å². The van der Waals surface area contributed by atoms with Crippen LogP contribution in [-0.2, 0) is 19.2 Å². The number of fused-ring (bicyclic) bond motifs is 3. The molecule has 206 valence electrons. The first-order chi connectivity index (χ1) is 18.8. The Balaban J connectivity index is 1.70. The summed E-state index contributed by atoms with van der Waals surface area (Å²) in [7, 11) is 2.89. The number of likely N-dealkylation sites (N-methyl/N-ethyl adjacent to an activating group) is 1. The lowest BCUT2D eigenvalue weighted by Crippen LogP contribution is -2.77. The van der Waals surface area contributed by atoms with Gasteiger partial charge in [-0.2, -0.15) is 0 Å². The maximum absolute atomic E-state index is 14.0. The van der Waals surface area contributed by atoms with Crippen LogP contribution in [0.2, 0.25) is 0 Å². The summed E-state index contributed by atoms with van der Waals surface area (Å²) < 4.78 is 0. The van der Waals surface area contributed by atoms with Crippen LogP contribution in [0.4, 0.5) is 0 Å². The maximum atomic E-state index is 14.0. The lowest BCUT2D eigenvalue weighted by Gasteiger charge is -2.56. The Morgan fingerprint density at radius 1 is 1.00 bits per heavy atom. The number of rotatable bonds is 2. The molecule has 3 aliphatic rings. The molecular formula is C30H28N2O8. The SMILES string of the molecule is CC1c2c(C#Cc3ccccc3)ccc(O)c2C(=O)C2C(=O)C3(O)C(=O)C(C(N)=O)C(=O)C(N(C)C)C3C(O)C21. The highest BCUT2D eigenvalue weighted by molar-refractivity contribution is 6.32. The van der Waals surface area contributed by atoms with Crippen LogP contribution in [0.5, 0.6) is 5.75 Å². The number of aromatic hydroxyl groups is 1. The van der Waals surface area contributed by atoms with Gasteiger partial charge in [-0.15, -0.1) is 0 Å². The van der Waals surface area contributed by atoms with Gasteiger partial charge in [0.25, 0.3) is 0 Å². The van der Waals surface area contributed by atoms with Crippen LogP contribution in [0.15, 0.2) is 42.5 Å². The van der Waals surface area contributed by atoms with Crippen molar-refractivity contribution in [3.8, 4) is 17.6 Å². The zero-order chi connectivity index (χ0) is 29.3. The van der Waals surface area contributed by atoms with E-state index in [0.29, 0.717) is 16.7 Å². The number of carbonyl (C=O) groups excluding carboxylic acids is 5. The fourth-order valence-electron chi connectivity index (χ4n) is 6.84. The average Bonchev–Trinajstić information content (AvgIpc) is 2.90. The van der Waals surface area contributed by atoms with Crippen LogP contribution in [0, 0.1) is 35.5 Å². The molecule has 1 amide bonds. The fourth-order valence-corrected chi connectivity index (χ4v) is 6.84. The maximum Gasteiger partial charge on any atom is 0.235 e. The Morgan fingerprint density at radius 3 is 2.25 bits per heavy atom. The van der Waals surface area contributed by atoms with Gasteiger partial charge in [0.05, 0.1) is 29.5 Å². The quantitative estimate of drug-likeness (QED) is 0.295. The van der Waals surface area contributed by atoms with Crippen molar-refractivity contribution in [3.63, 3.8) is 0 Å². The minimum atomic E-state index is -3.03. The largest absolute Gasteiger partial charge is 0.507 e. The molecule has 3 aliphatic carbocycles. The summed E-state index contributed by atoms with van der Waals surface area (Å²) in [5.41, 5.74) is 3.52. The van der Waals surface area contributed by atoms with Crippen molar-refractivity contribution in [1.82, 2.24) is 4.90 Å². The molecule has 2 aromatic rings. The number of ketones is 4. The zero-order valence-electron chi connectivity index (χ0n) is 22.0. The monoisotopic (exact) mass is 544 g/mol. The van der Waals surface area contributed by atoms with E-state index in [1.807, 2.05) is 18.2 Å². The van der Waals surface area contributed by atoms with Crippen molar-refractivity contribution in [2.45, 2.75) is 30.6 Å². The molecule has 2 fully saturated rings. The number of aliphatic hydroxyl groups is 2. The van der Waals surface area contributed by atoms with Crippen molar-refractivity contribution in [2.75, 3.05) is 14.1 Å². The number of benzene rings is 2. The van der Waals surface area contributed by atoms with E-state index >= 15 is 0 Å². The van der Waals surface area contributed by atoms with Crippen LogP contribution in [0.1, 0.15) is 39.9 Å². The third-order valence-corrected chi connectivity index (χ3v) is 8.58. The van der Waals surface area contributed by atoms with Crippen LogP contribution < -0.4 is 5.73 Å². The van der Waals surface area contributed by atoms with Gasteiger partial charge < -0.3 is 21.1 Å². The minimum absolute atomic E-state index is 0.189. The molecule has 5 rings (SSSR count). The molecule has 10 heteroatoms. The van der Waals surface area contributed by atoms with E-state index in [2.05, 4.69) is 11.8 Å². The highest BCUT2D eigenvalue weighted by atomic mass is 16.3. The molecule has 0 bridgehead atoms. The molecule has 10 nitrogen and oxygen atoms in total. The minimum Gasteiger partial charge on any atom is -0.507 e. The zero-order valence-corrected chi connectivity index (χ0v) is 22.0. The van der Waals surface area contributed by atoms with Gasteiger partial charge in [-0.25, -0.2) is 0 Å². The first-order valence-electron chi connectivity index (χ1n) is 12.8. The highest BCUT2D eigenvalue weighted by Gasteiger charge is 2.73. The molecule has 8 unspecified atom stereocenters. The van der Waals surface area contributed by atoms with Gasteiger partial charge in [0.1, 0.15) is 5.75 Å². The molecule has 40 heavy (non-hydrogen) atoms. The summed E-state index contributed by atoms with van der Waals surface area (Å²) in [4.78, 5) is 68.0. The number of nitrogens with zero attached hydrogens (tertiary/aromatic N) is 1. The molecular weight excluding hydrogens is 516 g/mol. The summed E-state index contributed by atoms with van der Waals surface area (Å²) in [5.74, 6) is -7.70. The molecule has 2 aromatic carbocycles. The van der Waals surface area contributed by atoms with Gasteiger partial charge in [0, 0.05) is 17.0 Å². The Hall–Kier alpha value is -4.17. The molecule has 0 heterocycles. The number of phenolic OH excluding ortho intramolecular Hbond substituents is 1. The van der Waals surface area contributed by atoms with Gasteiger partial charge in [0.2, 0.25) is 5.91 Å². The lowest BCUT2D eigenvalue weighted by atomic mass is 9.49. The molecule has 0 aliphatic heterocycles. The Labute approximate surface area is 229 Å². The van der Waals surface area contributed by atoms with Gasteiger partial charge in [-0.05, 0) is 49.8 Å². The average molecular weight is 545 g/mol. The van der Waals surface area contributed by atoms with Gasteiger partial charge in [-0.1, -0.05) is 37.0 Å². The molecule has 0 saturated heterocycles. The van der Waals surface area contributed by atoms with Crippen molar-refractivity contribution in [1.29, 1.82) is 0 Å². The summed E-state index contributed by atoms with van der Waals surface area (Å²) in [6.45, 7) is 1.65. The predicted molar refractivity (Wildman–Crippen MR) is 140 cm³/mol. The Kier molecular flexibility index (Phi) is 6.50. The standard InChI is InChI=1S/C30H28N2O8/c1-13-17-15(10-9-14-7-5-4-6-8-14)11-12-16(33)19(17)24(34)20-18(13)25(35)22-23(32(2)3)26(36)21(29(31)39)28(38)30(22,40)27(20)37/h4-8,11-13,18,20-23,25,33,35,40H,1-3H3,(H2,31,39). The van der Waals surface area contributed by atoms with E-state index in [4.69, 9.17) is 5.73 Å². The second-order valence-electron chi connectivity index (χ2n) is 10.9. The van der Waals surface area contributed by atoms with Crippen molar-refractivity contribution in [3.05, 3.63) is 64.7 Å². The molecule has 2 saturated carbocycles. The van der Waals surface area contributed by atoms with Crippen LogP contribution >= 0.6 is 0 Å². The normalized spacial score (nSPS) is 33.0. The third-order valence-electron chi connectivity index (χ3n) is 8.58. The first-order valence-corrected chi connectivity index (χ1v) is 12.8. The summed E-state index contributed by atoms with van der Waals surface area (Å²) >= 11 is 0. The lowest BCUT2D eigenvalue weighted by molar-refractivity contribution is -0.196. The number of primary amides is 1. The molecule has 0 aromatic heterocycles. The summed E-state index contributed by atoms with van der Waals surface area (Å²) in [6.07, 6.45) is -1.70. The summed E-state index contributed by atoms with van der Waals surface area (Å²) in [5, 5.41) is 34.2. The second kappa shape index (κ2) is 9.48. The topological polar surface area (TPSA) is 175 Å². The number of amides is 1. The highest BCUT2D eigenvalue weighted by Crippen LogP contribution is 2.54. The number of carbonyl (C=O) groups is 5. The van der Waals surface area contributed by atoms with Gasteiger partial charge >= 0.3 is 0 Å². The third kappa shape index (κ3) is 3.66. The fraction of sp³-hybridized carbons (Fsp3) is 0.367. The molecule has 0 spiro atoms. The Morgan fingerprint density at radius 2 is 1.65 bits per heavy atom. The van der Waals surface area contributed by atoms with E-state index in [0.717, 1.165) is 0 Å². The number of hydrogen-bond donors (Lipinski definition) is 4. The van der Waals surface area contributed by atoms with Crippen molar-refractivity contribution < 1.29 is 39.3 Å². The number of Topliss-reactive ketones (excluding diaryl/α,β-unsaturated/α-hetero) is 4. The van der Waals surface area contributed by atoms with Crippen molar-refractivity contribution in [2.24, 2.45) is 29.4 Å². The number of hydrogen-bond acceptors (Lipinski definition) is 9. The number of aliphatic hydroxyl groups excluding tert-OH is 1. The van der Waals surface area contributed by atoms with E-state index in [9.17, 15) is 39.3 Å².